The van der Waals surface area contributed by atoms with E-state index in [4.69, 9.17) is 4.74 Å². The lowest BCUT2D eigenvalue weighted by Crippen LogP contribution is -2.08. The van der Waals surface area contributed by atoms with Gasteiger partial charge in [0.15, 0.2) is 5.84 Å². The third-order valence-corrected chi connectivity index (χ3v) is 4.05. The monoisotopic (exact) mass is 434 g/mol. The zero-order chi connectivity index (χ0) is 23.3. The van der Waals surface area contributed by atoms with Gasteiger partial charge in [-0.2, -0.15) is 13.2 Å². The van der Waals surface area contributed by atoms with Crippen LogP contribution in [0.4, 0.5) is 18.9 Å². The molecule has 0 atom stereocenters. The molecule has 0 amide bonds. The predicted molar refractivity (Wildman–Crippen MR) is 123 cm³/mol. The summed E-state index contributed by atoms with van der Waals surface area (Å²) in [5.74, 6) is 0.816. The molecule has 0 unspecified atom stereocenters. The Hall–Kier alpha value is -3.00. The van der Waals surface area contributed by atoms with Crippen LogP contribution in [0.15, 0.2) is 63.5 Å². The van der Waals surface area contributed by atoms with Crippen LogP contribution in [0.1, 0.15) is 43.4 Å². The van der Waals surface area contributed by atoms with Crippen molar-refractivity contribution in [1.29, 1.82) is 0 Å². The highest BCUT2D eigenvalue weighted by molar-refractivity contribution is 6.01. The van der Waals surface area contributed by atoms with Crippen LogP contribution in [0.3, 0.4) is 0 Å². The number of benzene rings is 2. The molecule has 2 rings (SSSR count). The molecule has 5 nitrogen and oxygen atoms in total. The summed E-state index contributed by atoms with van der Waals surface area (Å²) in [6.07, 6.45) is -4.37. The zero-order valence-electron chi connectivity index (χ0n) is 18.1. The van der Waals surface area contributed by atoms with Crippen molar-refractivity contribution < 1.29 is 17.9 Å². The topological polar surface area (TPSA) is 58.3 Å². The molecule has 0 aliphatic heterocycles. The van der Waals surface area contributed by atoms with Crippen molar-refractivity contribution in [3.8, 4) is 0 Å². The van der Waals surface area contributed by atoms with Gasteiger partial charge in [0.2, 0.25) is 0 Å². The Balaban J connectivity index is 0.000000703. The van der Waals surface area contributed by atoms with Gasteiger partial charge in [-0.1, -0.05) is 38.1 Å². The van der Waals surface area contributed by atoms with Gasteiger partial charge in [0, 0.05) is 17.9 Å². The number of amidine groups is 1. The second kappa shape index (κ2) is 13.3. The molecule has 0 aliphatic rings. The standard InChI is InChI=1S/C19H20F3N3.C4H9NO/c1-13(2)14-6-4-7-15(10-14)18(23-3)25-12-24-17-9-5-8-16(11-17)19(20,21)22;1-3-6-4-5-2/h4-11,13,24H,3,12H2,1-2H3;2-4H2,1H3/b25-18-;. The van der Waals surface area contributed by atoms with Gasteiger partial charge in [-0.25, -0.2) is 9.98 Å². The van der Waals surface area contributed by atoms with Gasteiger partial charge in [-0.3, -0.25) is 4.99 Å². The van der Waals surface area contributed by atoms with E-state index in [-0.39, 0.29) is 6.67 Å². The highest BCUT2D eigenvalue weighted by atomic mass is 19.4. The molecule has 0 aliphatic carbocycles. The maximum Gasteiger partial charge on any atom is 0.416 e. The molecule has 0 saturated heterocycles. The lowest BCUT2D eigenvalue weighted by molar-refractivity contribution is -0.137. The Kier molecular flexibility index (Phi) is 11.2. The first-order valence-corrected chi connectivity index (χ1v) is 9.75. The maximum atomic E-state index is 12.7. The van der Waals surface area contributed by atoms with Crippen molar-refractivity contribution in [2.24, 2.45) is 15.0 Å². The third-order valence-electron chi connectivity index (χ3n) is 4.05. The summed E-state index contributed by atoms with van der Waals surface area (Å²) in [5.41, 5.74) is 1.62. The van der Waals surface area contributed by atoms with Crippen molar-refractivity contribution >= 4 is 25.0 Å². The summed E-state index contributed by atoms with van der Waals surface area (Å²) in [6.45, 7) is 14.1. The molecular weight excluding hydrogens is 405 g/mol. The second-order valence-corrected chi connectivity index (χ2v) is 6.68. The average molecular weight is 435 g/mol. The first-order valence-electron chi connectivity index (χ1n) is 9.75. The molecule has 0 radical (unpaired) electrons. The summed E-state index contributed by atoms with van der Waals surface area (Å²) in [5, 5.41) is 2.85. The van der Waals surface area contributed by atoms with Crippen molar-refractivity contribution in [2.45, 2.75) is 32.9 Å². The number of alkyl halides is 3. The number of nitrogens with one attached hydrogen (secondary N) is 1. The van der Waals surface area contributed by atoms with Crippen LogP contribution in [0.5, 0.6) is 0 Å². The number of aliphatic imine (C=N–C) groups is 3. The molecule has 2 aromatic carbocycles. The summed E-state index contributed by atoms with van der Waals surface area (Å²) < 4.78 is 42.9. The van der Waals surface area contributed by atoms with Crippen LogP contribution >= 0.6 is 0 Å². The van der Waals surface area contributed by atoms with Gasteiger partial charge < -0.3 is 10.1 Å². The molecular formula is C23H29F3N4O. The molecule has 0 spiro atoms. The average Bonchev–Trinajstić information content (AvgIpc) is 2.75. The largest absolute Gasteiger partial charge is 0.416 e. The number of hydrogen-bond acceptors (Lipinski definition) is 4. The van der Waals surface area contributed by atoms with Gasteiger partial charge in [-0.15, -0.1) is 0 Å². The van der Waals surface area contributed by atoms with Crippen molar-refractivity contribution in [1.82, 2.24) is 0 Å². The lowest BCUT2D eigenvalue weighted by atomic mass is 10.0. The van der Waals surface area contributed by atoms with E-state index < -0.39 is 11.7 Å². The quantitative estimate of drug-likeness (QED) is 0.313. The van der Waals surface area contributed by atoms with Crippen molar-refractivity contribution in [2.75, 3.05) is 25.3 Å². The van der Waals surface area contributed by atoms with Crippen LogP contribution < -0.4 is 5.32 Å². The van der Waals surface area contributed by atoms with E-state index >= 15 is 0 Å². The highest BCUT2D eigenvalue weighted by Crippen LogP contribution is 2.30. The van der Waals surface area contributed by atoms with E-state index in [1.54, 1.807) is 6.07 Å². The minimum absolute atomic E-state index is 0.0988. The molecule has 168 valence electrons. The number of nitrogens with zero attached hydrogens (tertiary/aromatic N) is 3. The molecule has 0 fully saturated rings. The Morgan fingerprint density at radius 2 is 1.81 bits per heavy atom. The van der Waals surface area contributed by atoms with E-state index in [0.29, 0.717) is 24.2 Å². The van der Waals surface area contributed by atoms with E-state index in [9.17, 15) is 13.2 Å². The molecule has 31 heavy (non-hydrogen) atoms. The number of hydrogen-bond donors (Lipinski definition) is 1. The maximum absolute atomic E-state index is 12.7. The van der Waals surface area contributed by atoms with Crippen LogP contribution in [0, 0.1) is 0 Å². The number of rotatable bonds is 8. The van der Waals surface area contributed by atoms with E-state index in [1.807, 2.05) is 31.2 Å². The fourth-order valence-electron chi connectivity index (χ4n) is 2.44. The molecule has 2 aromatic rings. The van der Waals surface area contributed by atoms with Gasteiger partial charge >= 0.3 is 6.18 Å². The van der Waals surface area contributed by atoms with Gasteiger partial charge in [0.1, 0.15) is 13.4 Å². The summed E-state index contributed by atoms with van der Waals surface area (Å²) in [6, 6.07) is 12.8. The SMILES string of the molecule is C=N/C(=N\CNc1cccc(C(F)(F)F)c1)c1cccc(C(C)C)c1.C=NCOCC. The van der Waals surface area contributed by atoms with Gasteiger partial charge in [-0.05, 0) is 56.1 Å². The van der Waals surface area contributed by atoms with Gasteiger partial charge in [0.05, 0.1) is 5.56 Å². The molecule has 8 heteroatoms. The fourth-order valence-corrected chi connectivity index (χ4v) is 2.44. The third kappa shape index (κ3) is 9.57. The first-order chi connectivity index (χ1) is 14.7. The van der Waals surface area contributed by atoms with Crippen molar-refractivity contribution in [3.63, 3.8) is 0 Å². The summed E-state index contributed by atoms with van der Waals surface area (Å²) in [7, 11) is 0. The Morgan fingerprint density at radius 1 is 1.10 bits per heavy atom. The zero-order valence-corrected chi connectivity index (χ0v) is 18.1. The first kappa shape index (κ1) is 26.0. The number of ether oxygens (including phenoxy) is 1. The minimum Gasteiger partial charge on any atom is -0.366 e. The normalized spacial score (nSPS) is 11.5. The van der Waals surface area contributed by atoms with E-state index in [1.165, 1.54) is 6.07 Å². The van der Waals surface area contributed by atoms with Gasteiger partial charge in [0.25, 0.3) is 0 Å². The highest BCUT2D eigenvalue weighted by Gasteiger charge is 2.30. The molecule has 0 heterocycles. The molecule has 1 N–H and O–H groups in total. The Labute approximate surface area is 181 Å². The molecule has 0 bridgehead atoms. The number of halogens is 3. The van der Waals surface area contributed by atoms with Crippen LogP contribution in [-0.4, -0.2) is 39.3 Å². The van der Waals surface area contributed by atoms with E-state index in [2.05, 4.69) is 47.6 Å². The van der Waals surface area contributed by atoms with E-state index in [0.717, 1.165) is 29.9 Å². The predicted octanol–water partition coefficient (Wildman–Crippen LogP) is 6.03. The van der Waals surface area contributed by atoms with Crippen LogP contribution in [-0.2, 0) is 10.9 Å². The second-order valence-electron chi connectivity index (χ2n) is 6.68. The Morgan fingerprint density at radius 3 is 2.35 bits per heavy atom. The fraction of sp³-hybridized carbons (Fsp3) is 0.348. The lowest BCUT2D eigenvalue weighted by Gasteiger charge is -2.10. The van der Waals surface area contributed by atoms with Crippen LogP contribution in [0.25, 0.3) is 0 Å². The minimum atomic E-state index is -4.37. The smallest absolute Gasteiger partial charge is 0.366 e. The summed E-state index contributed by atoms with van der Waals surface area (Å²) in [4.78, 5) is 11.7. The van der Waals surface area contributed by atoms with Crippen molar-refractivity contribution in [3.05, 3.63) is 65.2 Å². The Bertz CT molecular complexity index is 864. The molecule has 0 saturated carbocycles. The molecule has 0 aromatic heterocycles. The number of anilines is 1. The summed E-state index contributed by atoms with van der Waals surface area (Å²) >= 11 is 0. The van der Waals surface area contributed by atoms with Crippen LogP contribution in [0.2, 0.25) is 0 Å².